The number of oxime groups is 1. The number of Topliss-reactive ketones (excluding diaryl/α,β-unsaturated/α-hetero) is 1. The van der Waals surface area contributed by atoms with Crippen LogP contribution in [0.25, 0.3) is 11.1 Å². The standard InChI is InChI=1S/C45H64N2O10/c1-11-36-45(8)40(49)28(4)38(57-45)26(2)22-44(7)41(56-43-37(48)35(47(9)10)21-27(3)54-43)29(5)39(30(6)42(50)55-36)51-24-33(25-52-44)46-53-23-32-19-15-16-20-34(32)31-17-13-12-14-18-31/h12-20,26-30,35-39,41,43,48H,11,21-25H2,1-10H3/b46-33+/t26-,27-,28?,29-,30-,35+,36-,37-,38?,39+,41-,43+,44-,45?/m1/s1. The van der Waals surface area contributed by atoms with Crippen LogP contribution in [0.3, 0.4) is 0 Å². The summed E-state index contributed by atoms with van der Waals surface area (Å²) in [5.41, 5.74) is 1.19. The van der Waals surface area contributed by atoms with Crippen molar-refractivity contribution in [1.29, 1.82) is 0 Å². The predicted octanol–water partition coefficient (Wildman–Crippen LogP) is 6.21. The zero-order chi connectivity index (χ0) is 41.2. The fourth-order valence-electron chi connectivity index (χ4n) is 9.69. The van der Waals surface area contributed by atoms with Crippen LogP contribution in [0.5, 0.6) is 0 Å². The molecule has 6 rings (SSSR count). The van der Waals surface area contributed by atoms with E-state index in [4.69, 9.17) is 33.3 Å². The molecule has 4 bridgehead atoms. The molecule has 0 spiro atoms. The van der Waals surface area contributed by atoms with Crippen LogP contribution < -0.4 is 0 Å². The van der Waals surface area contributed by atoms with E-state index in [1.807, 2.05) is 90.0 Å². The highest BCUT2D eigenvalue weighted by Gasteiger charge is 2.58. The molecule has 3 unspecified atom stereocenters. The van der Waals surface area contributed by atoms with Crippen molar-refractivity contribution >= 4 is 17.5 Å². The highest BCUT2D eigenvalue weighted by molar-refractivity contribution is 5.92. The summed E-state index contributed by atoms with van der Waals surface area (Å²) in [7, 11) is 3.87. The van der Waals surface area contributed by atoms with Gasteiger partial charge in [-0.3, -0.25) is 9.59 Å². The summed E-state index contributed by atoms with van der Waals surface area (Å²) in [6.07, 6.45) is -3.53. The first-order valence-corrected chi connectivity index (χ1v) is 20.7. The van der Waals surface area contributed by atoms with Gasteiger partial charge in [-0.05, 0) is 83.7 Å². The summed E-state index contributed by atoms with van der Waals surface area (Å²) in [5.74, 6) is -2.56. The Hall–Kier alpha value is -3.23. The molecule has 314 valence electrons. The Balaban J connectivity index is 1.39. The number of aliphatic hydroxyl groups excluding tert-OH is 1. The van der Waals surface area contributed by atoms with Crippen LogP contribution in [0.15, 0.2) is 59.8 Å². The maximum atomic E-state index is 14.3. The Morgan fingerprint density at radius 2 is 1.63 bits per heavy atom. The molecule has 0 aliphatic carbocycles. The molecule has 2 aromatic rings. The van der Waals surface area contributed by atoms with Gasteiger partial charge in [0.2, 0.25) is 0 Å². The number of fused-ring (bicyclic) bond motifs is 5. The number of aliphatic hydroxyl groups is 1. The lowest BCUT2D eigenvalue weighted by Gasteiger charge is -2.48. The number of hydrogen-bond donors (Lipinski definition) is 1. The highest BCUT2D eigenvalue weighted by atomic mass is 16.7. The zero-order valence-corrected chi connectivity index (χ0v) is 35.4. The van der Waals surface area contributed by atoms with Gasteiger partial charge in [0, 0.05) is 17.9 Å². The van der Waals surface area contributed by atoms with Crippen LogP contribution in [0.2, 0.25) is 0 Å². The molecule has 0 amide bonds. The average molecular weight is 793 g/mol. The number of likely N-dealkylation sites (N-methyl/N-ethyl adjacent to an activating group) is 1. The number of rotatable bonds is 8. The van der Waals surface area contributed by atoms with E-state index in [1.54, 1.807) is 13.8 Å². The third-order valence-corrected chi connectivity index (χ3v) is 12.9. The van der Waals surface area contributed by atoms with Gasteiger partial charge in [-0.1, -0.05) is 87.4 Å². The van der Waals surface area contributed by atoms with Crippen LogP contribution in [-0.2, 0) is 49.5 Å². The number of cyclic esters (lactones) is 1. The van der Waals surface area contributed by atoms with Gasteiger partial charge in [-0.2, -0.15) is 0 Å². The van der Waals surface area contributed by atoms with Crippen molar-refractivity contribution in [2.45, 2.75) is 141 Å². The third kappa shape index (κ3) is 9.02. The van der Waals surface area contributed by atoms with E-state index in [2.05, 4.69) is 30.3 Å². The van der Waals surface area contributed by atoms with Gasteiger partial charge in [-0.15, -0.1) is 0 Å². The first-order valence-electron chi connectivity index (χ1n) is 20.7. The van der Waals surface area contributed by atoms with Crippen molar-refractivity contribution in [3.63, 3.8) is 0 Å². The highest BCUT2D eigenvalue weighted by Crippen LogP contribution is 2.45. The van der Waals surface area contributed by atoms with E-state index in [9.17, 15) is 14.7 Å². The van der Waals surface area contributed by atoms with E-state index in [1.165, 1.54) is 0 Å². The normalized spacial score (nSPS) is 40.0. The SMILES string of the molecule is CC[C@H]1OC(=O)[C@H](C)[C@H]2OC/C(=N\OCc3ccccc3-c3ccccc3)CO[C@](C)(C[C@@H](C)C3OC1(C)C(=O)C3C)[C@H](O[C@@H]1O[C@H](C)C[C@H](N(C)C)[C@H]1O)[C@@H]2C. The number of benzene rings is 2. The fourth-order valence-corrected chi connectivity index (χ4v) is 9.69. The Kier molecular flexibility index (Phi) is 13.7. The van der Waals surface area contributed by atoms with Crippen LogP contribution in [0, 0.1) is 23.7 Å². The summed E-state index contributed by atoms with van der Waals surface area (Å²) >= 11 is 0. The van der Waals surface area contributed by atoms with Gasteiger partial charge in [0.25, 0.3) is 0 Å². The maximum Gasteiger partial charge on any atom is 0.311 e. The maximum absolute atomic E-state index is 14.3. The monoisotopic (exact) mass is 792 g/mol. The average Bonchev–Trinajstić information content (AvgIpc) is 3.44. The molecule has 12 heteroatoms. The number of carbonyl (C=O) groups is 2. The molecule has 0 radical (unpaired) electrons. The Morgan fingerprint density at radius 1 is 0.930 bits per heavy atom. The molecule has 12 nitrogen and oxygen atoms in total. The lowest BCUT2D eigenvalue weighted by molar-refractivity contribution is -0.302. The van der Waals surface area contributed by atoms with E-state index < -0.39 is 71.7 Å². The second-order valence-corrected chi connectivity index (χ2v) is 17.5. The number of hydrogen-bond acceptors (Lipinski definition) is 12. The molecule has 4 fully saturated rings. The molecule has 0 aromatic heterocycles. The second kappa shape index (κ2) is 17.9. The molecule has 0 saturated carbocycles. The van der Waals surface area contributed by atoms with Gasteiger partial charge >= 0.3 is 5.97 Å². The number of ether oxygens (including phenoxy) is 6. The molecule has 57 heavy (non-hydrogen) atoms. The molecular weight excluding hydrogens is 728 g/mol. The van der Waals surface area contributed by atoms with Gasteiger partial charge in [-0.25, -0.2) is 0 Å². The quantitative estimate of drug-likeness (QED) is 0.242. The number of esters is 1. The zero-order valence-electron chi connectivity index (χ0n) is 35.4. The van der Waals surface area contributed by atoms with Crippen LogP contribution in [-0.4, -0.2) is 115 Å². The number of nitrogens with zero attached hydrogens (tertiary/aromatic N) is 2. The summed E-state index contributed by atoms with van der Waals surface area (Å²) in [5, 5.41) is 16.3. The largest absolute Gasteiger partial charge is 0.459 e. The topological polar surface area (TPSA) is 135 Å². The number of ketones is 1. The van der Waals surface area contributed by atoms with Crippen LogP contribution >= 0.6 is 0 Å². The van der Waals surface area contributed by atoms with E-state index in [0.717, 1.165) is 16.7 Å². The number of carbonyl (C=O) groups excluding carboxylic acids is 2. The third-order valence-electron chi connectivity index (χ3n) is 12.9. The van der Waals surface area contributed by atoms with Crippen molar-refractivity contribution in [3.05, 3.63) is 60.2 Å². The van der Waals surface area contributed by atoms with E-state index in [-0.39, 0.29) is 43.7 Å². The van der Waals surface area contributed by atoms with Crippen molar-refractivity contribution in [2.75, 3.05) is 27.3 Å². The minimum absolute atomic E-state index is 0.0176. The summed E-state index contributed by atoms with van der Waals surface area (Å²) < 4.78 is 39.9. The Morgan fingerprint density at radius 3 is 2.33 bits per heavy atom. The molecule has 2 aromatic carbocycles. The first kappa shape index (κ1) is 43.4. The Labute approximate surface area is 338 Å². The van der Waals surface area contributed by atoms with Crippen LogP contribution in [0.4, 0.5) is 0 Å². The lowest BCUT2D eigenvalue weighted by Crippen LogP contribution is -2.59. The van der Waals surface area contributed by atoms with Crippen molar-refractivity contribution in [3.8, 4) is 11.1 Å². The lowest BCUT2D eigenvalue weighted by atomic mass is 9.75. The first-order chi connectivity index (χ1) is 27.1. The molecule has 1 N–H and O–H groups in total. The Bertz CT molecular complexity index is 1720. The molecule has 4 aliphatic rings. The van der Waals surface area contributed by atoms with E-state index in [0.29, 0.717) is 25.0 Å². The van der Waals surface area contributed by atoms with Gasteiger partial charge < -0.3 is 43.3 Å². The predicted molar refractivity (Wildman–Crippen MR) is 215 cm³/mol. The van der Waals surface area contributed by atoms with Gasteiger partial charge in [0.15, 0.2) is 17.7 Å². The summed E-state index contributed by atoms with van der Waals surface area (Å²) in [6, 6.07) is 18.0. The summed E-state index contributed by atoms with van der Waals surface area (Å²) in [6.45, 7) is 15.6. The van der Waals surface area contributed by atoms with Crippen molar-refractivity contribution < 1.29 is 48.0 Å². The van der Waals surface area contributed by atoms with Crippen molar-refractivity contribution in [2.24, 2.45) is 28.8 Å². The van der Waals surface area contributed by atoms with Crippen molar-refractivity contribution in [1.82, 2.24) is 4.90 Å². The summed E-state index contributed by atoms with van der Waals surface area (Å²) in [4.78, 5) is 36.3. The fraction of sp³-hybridized carbons (Fsp3) is 0.667. The second-order valence-electron chi connectivity index (χ2n) is 17.5. The minimum atomic E-state index is -1.31. The molecule has 4 saturated heterocycles. The molecule has 4 aliphatic heterocycles. The van der Waals surface area contributed by atoms with Gasteiger partial charge in [0.05, 0.1) is 49.1 Å². The van der Waals surface area contributed by atoms with E-state index >= 15 is 0 Å². The van der Waals surface area contributed by atoms with Gasteiger partial charge in [0.1, 0.15) is 24.5 Å². The smallest absolute Gasteiger partial charge is 0.311 e. The molecule has 4 heterocycles. The van der Waals surface area contributed by atoms with Crippen LogP contribution in [0.1, 0.15) is 80.2 Å². The molecular formula is C45H64N2O10. The molecule has 14 atom stereocenters. The minimum Gasteiger partial charge on any atom is -0.459 e.